The number of ether oxygens (including phenoxy) is 1. The molecule has 0 unspecified atom stereocenters. The normalized spacial score (nSPS) is 18.3. The van der Waals surface area contributed by atoms with Crippen LogP contribution in [0.5, 0.6) is 5.75 Å². The summed E-state index contributed by atoms with van der Waals surface area (Å²) in [5.74, 6) is 0.214. The summed E-state index contributed by atoms with van der Waals surface area (Å²) in [4.78, 5) is 30.0. The molecule has 3 aromatic rings. The summed E-state index contributed by atoms with van der Waals surface area (Å²) >= 11 is 6.11. The number of tetrazole rings is 1. The first kappa shape index (κ1) is 25.7. The number of piperazine rings is 1. The van der Waals surface area contributed by atoms with E-state index in [0.29, 0.717) is 48.2 Å². The Morgan fingerprint density at radius 1 is 1.14 bits per heavy atom. The highest BCUT2D eigenvalue weighted by molar-refractivity contribution is 6.31. The molecule has 9 nitrogen and oxygen atoms in total. The average Bonchev–Trinajstić information content (AvgIpc) is 3.38. The quantitative estimate of drug-likeness (QED) is 0.437. The molecule has 1 amide bonds. The summed E-state index contributed by atoms with van der Waals surface area (Å²) in [6.07, 6.45) is 0.500. The summed E-state index contributed by atoms with van der Waals surface area (Å²) in [5, 5.41) is 13.8. The Bertz CT molecular complexity index is 1190. The van der Waals surface area contributed by atoms with Crippen LogP contribution in [-0.2, 0) is 17.8 Å². The van der Waals surface area contributed by atoms with Crippen LogP contribution >= 0.6 is 11.6 Å². The van der Waals surface area contributed by atoms with Gasteiger partial charge in [0.15, 0.2) is 12.4 Å². The molecule has 0 saturated carbocycles. The van der Waals surface area contributed by atoms with Crippen LogP contribution in [0.1, 0.15) is 42.0 Å². The number of Topliss-reactive ketones (excluding diaryl/α,β-unsaturated/α-hetero) is 1. The van der Waals surface area contributed by atoms with E-state index in [4.69, 9.17) is 16.3 Å². The lowest BCUT2D eigenvalue weighted by molar-refractivity contribution is -0.139. The Morgan fingerprint density at radius 2 is 1.92 bits per heavy atom. The van der Waals surface area contributed by atoms with E-state index >= 15 is 0 Å². The van der Waals surface area contributed by atoms with E-state index in [9.17, 15) is 14.0 Å². The number of ketones is 1. The number of hydrogen-bond acceptors (Lipinski definition) is 7. The number of aryl methyl sites for hydroxylation is 1. The highest BCUT2D eigenvalue weighted by Crippen LogP contribution is 2.25. The largest absolute Gasteiger partial charge is 0.483 e. The Hall–Kier alpha value is -3.37. The molecule has 1 N–H and O–H groups in total. The van der Waals surface area contributed by atoms with E-state index in [-0.39, 0.29) is 42.6 Å². The second-order valence-corrected chi connectivity index (χ2v) is 9.44. The maximum absolute atomic E-state index is 13.2. The summed E-state index contributed by atoms with van der Waals surface area (Å²) in [5.41, 5.74) is 1.34. The van der Waals surface area contributed by atoms with E-state index in [2.05, 4.69) is 32.4 Å². The molecule has 2 atom stereocenters. The number of carbonyl (C=O) groups is 2. The zero-order valence-electron chi connectivity index (χ0n) is 20.2. The topological polar surface area (TPSA) is 104 Å². The molecule has 1 aliphatic rings. The van der Waals surface area contributed by atoms with Crippen LogP contribution in [0, 0.1) is 5.82 Å². The van der Waals surface area contributed by atoms with Crippen molar-refractivity contribution in [1.82, 2.24) is 30.4 Å². The van der Waals surface area contributed by atoms with Gasteiger partial charge in [-0.15, -0.1) is 5.10 Å². The molecule has 0 bridgehead atoms. The van der Waals surface area contributed by atoms with E-state index in [1.165, 1.54) is 12.1 Å². The van der Waals surface area contributed by atoms with Gasteiger partial charge in [-0.25, -0.2) is 9.49 Å². The number of H-pyrrole nitrogens is 1. The van der Waals surface area contributed by atoms with Crippen molar-refractivity contribution in [2.75, 3.05) is 19.7 Å². The fourth-order valence-corrected chi connectivity index (χ4v) is 4.48. The Labute approximate surface area is 213 Å². The van der Waals surface area contributed by atoms with Gasteiger partial charge < -0.3 is 9.64 Å². The van der Waals surface area contributed by atoms with Crippen LogP contribution in [0.25, 0.3) is 0 Å². The summed E-state index contributed by atoms with van der Waals surface area (Å²) < 4.78 is 19.0. The van der Waals surface area contributed by atoms with Crippen molar-refractivity contribution in [3.8, 4) is 5.75 Å². The van der Waals surface area contributed by atoms with Crippen LogP contribution in [0.4, 0.5) is 4.39 Å². The Balaban J connectivity index is 1.35. The molecule has 36 heavy (non-hydrogen) atoms. The third-order valence-corrected chi connectivity index (χ3v) is 6.54. The number of aromatic amines is 1. The minimum Gasteiger partial charge on any atom is -0.483 e. The van der Waals surface area contributed by atoms with Crippen molar-refractivity contribution in [1.29, 1.82) is 0 Å². The molecule has 1 fully saturated rings. The lowest BCUT2D eigenvalue weighted by atomic mass is 10.1. The lowest BCUT2D eigenvalue weighted by Gasteiger charge is -2.44. The van der Waals surface area contributed by atoms with Gasteiger partial charge in [0.05, 0.1) is 5.56 Å². The third-order valence-electron chi connectivity index (χ3n) is 6.31. The Kier molecular flexibility index (Phi) is 8.27. The SMILES string of the molecule is C[C@@H]1CN(Cc2ccc(F)cc2)[C@@H](C)CN1C(=O)COc1ccc(Cl)cc1C(=O)CCc1nnn[nH]1. The van der Waals surface area contributed by atoms with Gasteiger partial charge in [0.25, 0.3) is 5.91 Å². The zero-order chi connectivity index (χ0) is 25.7. The van der Waals surface area contributed by atoms with E-state index in [0.717, 1.165) is 5.56 Å². The highest BCUT2D eigenvalue weighted by Gasteiger charge is 2.32. The molecule has 11 heteroatoms. The second kappa shape index (κ2) is 11.6. The van der Waals surface area contributed by atoms with Gasteiger partial charge in [0, 0.05) is 49.6 Å². The van der Waals surface area contributed by atoms with Gasteiger partial charge in [-0.3, -0.25) is 14.5 Å². The highest BCUT2D eigenvalue weighted by atomic mass is 35.5. The Morgan fingerprint density at radius 3 is 2.64 bits per heavy atom. The molecule has 4 rings (SSSR count). The first-order chi connectivity index (χ1) is 17.3. The molecule has 2 heterocycles. The standard InChI is InChI=1S/C25H28ClFN6O3/c1-16-13-33(17(2)12-32(16)14-18-3-6-20(27)7-4-18)25(35)15-36-23-9-5-19(26)11-21(23)22(34)8-10-24-28-30-31-29-24/h3-7,9,11,16-17H,8,10,12-15H2,1-2H3,(H,28,29,30,31)/t16-,17+/m0/s1. The number of rotatable bonds is 9. The molecular weight excluding hydrogens is 487 g/mol. The smallest absolute Gasteiger partial charge is 0.260 e. The van der Waals surface area contributed by atoms with Crippen molar-refractivity contribution in [2.45, 2.75) is 45.3 Å². The van der Waals surface area contributed by atoms with Crippen LogP contribution < -0.4 is 4.74 Å². The first-order valence-corrected chi connectivity index (χ1v) is 12.1. The van der Waals surface area contributed by atoms with Crippen molar-refractivity contribution < 1.29 is 18.7 Å². The fraction of sp³-hybridized carbons (Fsp3) is 0.400. The van der Waals surface area contributed by atoms with E-state index < -0.39 is 0 Å². The summed E-state index contributed by atoms with van der Waals surface area (Å²) in [6, 6.07) is 11.3. The van der Waals surface area contributed by atoms with Crippen LogP contribution in [0.15, 0.2) is 42.5 Å². The number of halogens is 2. The maximum atomic E-state index is 13.2. The van der Waals surface area contributed by atoms with Gasteiger partial charge in [0.1, 0.15) is 17.4 Å². The van der Waals surface area contributed by atoms with Gasteiger partial charge in [0.2, 0.25) is 0 Å². The molecular formula is C25H28ClFN6O3. The number of aromatic nitrogens is 4. The second-order valence-electron chi connectivity index (χ2n) is 9.00. The van der Waals surface area contributed by atoms with Crippen LogP contribution in [0.3, 0.4) is 0 Å². The molecule has 0 radical (unpaired) electrons. The molecule has 2 aromatic carbocycles. The van der Waals surface area contributed by atoms with Crippen molar-refractivity contribution >= 4 is 23.3 Å². The van der Waals surface area contributed by atoms with Crippen molar-refractivity contribution in [3.63, 3.8) is 0 Å². The van der Waals surface area contributed by atoms with Crippen molar-refractivity contribution in [2.24, 2.45) is 0 Å². The first-order valence-electron chi connectivity index (χ1n) is 11.8. The van der Waals surface area contributed by atoms with Gasteiger partial charge >= 0.3 is 0 Å². The molecule has 0 aliphatic carbocycles. The van der Waals surface area contributed by atoms with Gasteiger partial charge in [-0.2, -0.15) is 0 Å². The number of carbonyl (C=O) groups excluding carboxylic acids is 2. The fourth-order valence-electron chi connectivity index (χ4n) is 4.31. The van der Waals surface area contributed by atoms with E-state index in [1.54, 1.807) is 35.2 Å². The number of nitrogens with one attached hydrogen (secondary N) is 1. The van der Waals surface area contributed by atoms with Crippen LogP contribution in [0.2, 0.25) is 5.02 Å². The molecule has 1 aromatic heterocycles. The third kappa shape index (κ3) is 6.44. The summed E-state index contributed by atoms with van der Waals surface area (Å²) in [7, 11) is 0. The summed E-state index contributed by atoms with van der Waals surface area (Å²) in [6.45, 7) is 5.79. The number of nitrogens with zero attached hydrogens (tertiary/aromatic N) is 5. The molecule has 1 saturated heterocycles. The lowest BCUT2D eigenvalue weighted by Crippen LogP contribution is -2.58. The van der Waals surface area contributed by atoms with Gasteiger partial charge in [-0.05, 0) is 60.2 Å². The minimum absolute atomic E-state index is 0.0282. The van der Waals surface area contributed by atoms with Crippen molar-refractivity contribution in [3.05, 3.63) is 70.3 Å². The van der Waals surface area contributed by atoms with E-state index in [1.807, 2.05) is 6.92 Å². The number of amides is 1. The van der Waals surface area contributed by atoms with Gasteiger partial charge in [-0.1, -0.05) is 23.7 Å². The molecule has 0 spiro atoms. The maximum Gasteiger partial charge on any atom is 0.260 e. The predicted octanol–water partition coefficient (Wildman–Crippen LogP) is 3.31. The zero-order valence-corrected chi connectivity index (χ0v) is 20.9. The number of hydrogen-bond donors (Lipinski definition) is 1. The van der Waals surface area contributed by atoms with Crippen LogP contribution in [-0.4, -0.2) is 73.9 Å². The number of benzene rings is 2. The average molecular weight is 515 g/mol. The minimum atomic E-state index is -0.256. The predicted molar refractivity (Wildman–Crippen MR) is 131 cm³/mol. The monoisotopic (exact) mass is 514 g/mol. The molecule has 190 valence electrons. The molecule has 1 aliphatic heterocycles.